The van der Waals surface area contributed by atoms with Gasteiger partial charge in [-0.2, -0.15) is 0 Å². The van der Waals surface area contributed by atoms with Crippen molar-refractivity contribution in [3.8, 4) is 0 Å². The van der Waals surface area contributed by atoms with Crippen LogP contribution in [0, 0.1) is 0 Å². The van der Waals surface area contributed by atoms with Crippen molar-refractivity contribution in [2.24, 2.45) is 5.73 Å². The Kier molecular flexibility index (Phi) is 7.88. The number of hydrogen-bond donors (Lipinski definition) is 2. The van der Waals surface area contributed by atoms with Crippen molar-refractivity contribution < 1.29 is 14.6 Å². The summed E-state index contributed by atoms with van der Waals surface area (Å²) in [7, 11) is 1.68. The molecule has 0 bridgehead atoms. The molecule has 3 aromatic rings. The molecule has 1 fully saturated rings. The molecule has 1 saturated heterocycles. The number of methoxy groups -OCH3 is 1. The van der Waals surface area contributed by atoms with Crippen LogP contribution in [-0.4, -0.2) is 58.3 Å². The summed E-state index contributed by atoms with van der Waals surface area (Å²) in [5, 5.41) is 12.4. The van der Waals surface area contributed by atoms with Gasteiger partial charge in [-0.25, -0.2) is 4.98 Å². The molecule has 7 nitrogen and oxygen atoms in total. The number of aliphatic hydroxyl groups is 1. The number of imidazole rings is 1. The molecule has 0 aliphatic carbocycles. The number of carbonyl (C=O) groups excluding carboxylic acids is 1. The van der Waals surface area contributed by atoms with E-state index < -0.39 is 5.60 Å². The minimum Gasteiger partial charge on any atom is -0.385 e. The van der Waals surface area contributed by atoms with Crippen molar-refractivity contribution in [3.05, 3.63) is 64.9 Å². The number of fused-ring (bicyclic) bond motifs is 1. The van der Waals surface area contributed by atoms with Crippen LogP contribution in [-0.2, 0) is 28.1 Å². The molecule has 1 aliphatic rings. The molecule has 0 saturated carbocycles. The SMILES string of the molecule is COCCCn1c(C2(O)CCCN(C(=O)CC(N)Cc3ccc(Cl)cc3)C2)nc2ccccc21. The molecular weight excluding hydrogens is 452 g/mol. The van der Waals surface area contributed by atoms with Crippen molar-refractivity contribution in [2.75, 3.05) is 26.8 Å². The van der Waals surface area contributed by atoms with Gasteiger partial charge in [0.25, 0.3) is 0 Å². The average Bonchev–Trinajstić information content (AvgIpc) is 3.20. The maximum absolute atomic E-state index is 13.1. The molecule has 34 heavy (non-hydrogen) atoms. The van der Waals surface area contributed by atoms with Gasteiger partial charge in [-0.05, 0) is 55.5 Å². The quantitative estimate of drug-likeness (QED) is 0.453. The fourth-order valence-electron chi connectivity index (χ4n) is 4.80. The van der Waals surface area contributed by atoms with Crippen molar-refractivity contribution in [2.45, 2.75) is 50.3 Å². The van der Waals surface area contributed by atoms with Crippen LogP contribution < -0.4 is 5.73 Å². The molecule has 182 valence electrons. The standard InChI is InChI=1S/C26H33ClN4O3/c1-34-15-5-14-31-23-7-3-2-6-22(23)29-25(31)26(33)12-4-13-30(18-26)24(32)17-21(28)16-19-8-10-20(27)11-9-19/h2-3,6-11,21,33H,4-5,12-18,28H2,1H3. The molecule has 1 aliphatic heterocycles. The number of halogens is 1. The van der Waals surface area contributed by atoms with Gasteiger partial charge in [-0.15, -0.1) is 0 Å². The number of nitrogens with zero attached hydrogens (tertiary/aromatic N) is 3. The van der Waals surface area contributed by atoms with E-state index in [1.165, 1.54) is 0 Å². The zero-order valence-corrected chi connectivity index (χ0v) is 20.4. The van der Waals surface area contributed by atoms with Gasteiger partial charge in [0.15, 0.2) is 0 Å². The number of aryl methyl sites for hydroxylation is 1. The van der Waals surface area contributed by atoms with Gasteiger partial charge in [0.05, 0.1) is 17.6 Å². The third-order valence-corrected chi connectivity index (χ3v) is 6.72. The van der Waals surface area contributed by atoms with Crippen LogP contribution in [0.25, 0.3) is 11.0 Å². The average molecular weight is 485 g/mol. The molecule has 4 rings (SSSR count). The van der Waals surface area contributed by atoms with E-state index in [4.69, 9.17) is 27.1 Å². The molecule has 1 aromatic heterocycles. The van der Waals surface area contributed by atoms with Crippen LogP contribution in [0.1, 0.15) is 37.1 Å². The van der Waals surface area contributed by atoms with Crippen molar-refractivity contribution in [3.63, 3.8) is 0 Å². The molecule has 2 atom stereocenters. The second kappa shape index (κ2) is 10.9. The summed E-state index contributed by atoms with van der Waals surface area (Å²) in [4.78, 5) is 19.7. The molecule has 2 unspecified atom stereocenters. The van der Waals surface area contributed by atoms with Crippen molar-refractivity contribution >= 4 is 28.5 Å². The first-order valence-electron chi connectivity index (χ1n) is 11.8. The maximum Gasteiger partial charge on any atom is 0.224 e. The highest BCUT2D eigenvalue weighted by Crippen LogP contribution is 2.33. The molecule has 0 spiro atoms. The van der Waals surface area contributed by atoms with E-state index in [1.54, 1.807) is 12.0 Å². The molecule has 2 heterocycles. The zero-order chi connectivity index (χ0) is 24.1. The van der Waals surface area contributed by atoms with E-state index in [2.05, 4.69) is 4.57 Å². The third kappa shape index (κ3) is 5.61. The van der Waals surface area contributed by atoms with Crippen LogP contribution in [0.2, 0.25) is 5.02 Å². The Labute approximate surface area is 205 Å². The predicted molar refractivity (Wildman–Crippen MR) is 134 cm³/mol. The number of para-hydroxylation sites is 2. The molecule has 8 heteroatoms. The number of piperidine rings is 1. The van der Waals surface area contributed by atoms with Gasteiger partial charge in [0, 0.05) is 44.3 Å². The number of β-amino-alcohol motifs (C(OH)–C–C–N with tert-alkyl or cyclic N) is 1. The fourth-order valence-corrected chi connectivity index (χ4v) is 4.93. The molecular formula is C26H33ClN4O3. The lowest BCUT2D eigenvalue weighted by atomic mass is 9.91. The Hall–Kier alpha value is -2.45. The van der Waals surface area contributed by atoms with Crippen molar-refractivity contribution in [1.29, 1.82) is 0 Å². The summed E-state index contributed by atoms with van der Waals surface area (Å²) in [5.74, 6) is 0.578. The number of carbonyl (C=O) groups is 1. The second-order valence-corrected chi connectivity index (χ2v) is 9.60. The molecule has 3 N–H and O–H groups in total. The summed E-state index contributed by atoms with van der Waals surface area (Å²) >= 11 is 5.95. The summed E-state index contributed by atoms with van der Waals surface area (Å²) in [5.41, 5.74) is 7.97. The Morgan fingerprint density at radius 2 is 2.03 bits per heavy atom. The molecule has 0 radical (unpaired) electrons. The van der Waals surface area contributed by atoms with Gasteiger partial charge < -0.3 is 25.0 Å². The van der Waals surface area contributed by atoms with E-state index in [0.717, 1.165) is 23.0 Å². The van der Waals surface area contributed by atoms with Crippen LogP contribution in [0.5, 0.6) is 0 Å². The smallest absolute Gasteiger partial charge is 0.224 e. The van der Waals surface area contributed by atoms with E-state index >= 15 is 0 Å². The summed E-state index contributed by atoms with van der Waals surface area (Å²) in [6.45, 7) is 2.14. The number of likely N-dealkylation sites (tertiary alicyclic amines) is 1. The highest BCUT2D eigenvalue weighted by Gasteiger charge is 2.40. The van der Waals surface area contributed by atoms with Gasteiger partial charge in [-0.1, -0.05) is 35.9 Å². The topological polar surface area (TPSA) is 93.6 Å². The number of hydrogen-bond acceptors (Lipinski definition) is 5. The zero-order valence-electron chi connectivity index (χ0n) is 19.6. The lowest BCUT2D eigenvalue weighted by Gasteiger charge is -2.39. The van der Waals surface area contributed by atoms with E-state index in [9.17, 15) is 9.90 Å². The van der Waals surface area contributed by atoms with Gasteiger partial charge >= 0.3 is 0 Å². The monoisotopic (exact) mass is 484 g/mol. The Morgan fingerprint density at radius 1 is 1.26 bits per heavy atom. The Morgan fingerprint density at radius 3 is 2.79 bits per heavy atom. The Balaban J connectivity index is 1.48. The first-order valence-corrected chi connectivity index (χ1v) is 12.2. The fraction of sp³-hybridized carbons (Fsp3) is 0.462. The first-order chi connectivity index (χ1) is 16.4. The summed E-state index contributed by atoms with van der Waals surface area (Å²) in [6.07, 6.45) is 2.89. The van der Waals surface area contributed by atoms with E-state index in [1.807, 2.05) is 48.5 Å². The number of amides is 1. The largest absolute Gasteiger partial charge is 0.385 e. The summed E-state index contributed by atoms with van der Waals surface area (Å²) in [6, 6.07) is 15.1. The number of nitrogens with two attached hydrogens (primary N) is 1. The normalized spacial score (nSPS) is 19.5. The van der Waals surface area contributed by atoms with Crippen LogP contribution in [0.4, 0.5) is 0 Å². The second-order valence-electron chi connectivity index (χ2n) is 9.17. The summed E-state index contributed by atoms with van der Waals surface area (Å²) < 4.78 is 7.31. The molecule has 2 aromatic carbocycles. The maximum atomic E-state index is 13.1. The highest BCUT2D eigenvalue weighted by atomic mass is 35.5. The van der Waals surface area contributed by atoms with Crippen LogP contribution in [0.3, 0.4) is 0 Å². The number of benzene rings is 2. The van der Waals surface area contributed by atoms with Gasteiger partial charge in [0.1, 0.15) is 11.4 Å². The minimum absolute atomic E-state index is 0.0402. The predicted octanol–water partition coefficient (Wildman–Crippen LogP) is 3.50. The van der Waals surface area contributed by atoms with Gasteiger partial charge in [0.2, 0.25) is 5.91 Å². The number of rotatable bonds is 9. The van der Waals surface area contributed by atoms with Crippen molar-refractivity contribution in [1.82, 2.24) is 14.5 Å². The first kappa shape index (κ1) is 24.7. The minimum atomic E-state index is -1.21. The van der Waals surface area contributed by atoms with E-state index in [-0.39, 0.29) is 24.9 Å². The van der Waals surface area contributed by atoms with Crippen LogP contribution >= 0.6 is 11.6 Å². The number of aromatic nitrogens is 2. The van der Waals surface area contributed by atoms with Gasteiger partial charge in [-0.3, -0.25) is 4.79 Å². The van der Waals surface area contributed by atoms with Crippen LogP contribution in [0.15, 0.2) is 48.5 Å². The number of ether oxygens (including phenoxy) is 1. The third-order valence-electron chi connectivity index (χ3n) is 6.47. The lowest BCUT2D eigenvalue weighted by molar-refractivity contribution is -0.139. The molecule has 1 amide bonds. The highest BCUT2D eigenvalue weighted by molar-refractivity contribution is 6.30. The Bertz CT molecular complexity index is 1120. The lowest BCUT2D eigenvalue weighted by Crippen LogP contribution is -2.50. The van der Waals surface area contributed by atoms with E-state index in [0.29, 0.717) is 49.8 Å².